The van der Waals surface area contributed by atoms with E-state index in [-0.39, 0.29) is 23.4 Å². The van der Waals surface area contributed by atoms with Gasteiger partial charge in [0.15, 0.2) is 0 Å². The number of benzene rings is 1. The van der Waals surface area contributed by atoms with Crippen LogP contribution in [0, 0.1) is 17.6 Å². The molecule has 1 aliphatic heterocycles. The molecular weight excluding hydrogens is 248 g/mol. The fourth-order valence-corrected chi connectivity index (χ4v) is 3.43. The van der Waals surface area contributed by atoms with Crippen LogP contribution in [0.4, 0.5) is 14.5 Å². The number of halogens is 2. The number of amides is 1. The van der Waals surface area contributed by atoms with E-state index in [1.54, 1.807) is 0 Å². The lowest BCUT2D eigenvalue weighted by Crippen LogP contribution is -2.20. The van der Waals surface area contributed by atoms with Crippen LogP contribution in [0.5, 0.6) is 0 Å². The maximum Gasteiger partial charge on any atom is 0.232 e. The summed E-state index contributed by atoms with van der Waals surface area (Å²) in [5, 5.41) is 2.58. The van der Waals surface area contributed by atoms with Crippen LogP contribution < -0.4 is 5.32 Å². The third-order valence-electron chi connectivity index (χ3n) is 4.32. The molecule has 3 rings (SSSR count). The molecule has 0 bridgehead atoms. The number of fused-ring (bicyclic) bond motifs is 1. The third-order valence-corrected chi connectivity index (χ3v) is 4.32. The van der Waals surface area contributed by atoms with Crippen molar-refractivity contribution in [2.75, 3.05) is 5.32 Å². The Hall–Kier alpha value is -1.45. The summed E-state index contributed by atoms with van der Waals surface area (Å²) in [6, 6.07) is 2.14. The van der Waals surface area contributed by atoms with Crippen LogP contribution in [0.1, 0.15) is 50.0 Å². The molecule has 102 valence electrons. The maximum absolute atomic E-state index is 13.7. The zero-order chi connectivity index (χ0) is 13.4. The molecule has 1 amide bonds. The summed E-state index contributed by atoms with van der Waals surface area (Å²) in [5.41, 5.74) is 0.690. The number of anilines is 1. The van der Waals surface area contributed by atoms with Gasteiger partial charge in [0.1, 0.15) is 11.6 Å². The Morgan fingerprint density at radius 3 is 2.42 bits per heavy atom. The van der Waals surface area contributed by atoms with Crippen molar-refractivity contribution in [2.45, 2.75) is 44.4 Å². The fraction of sp³-hybridized carbons (Fsp3) is 0.533. The van der Waals surface area contributed by atoms with E-state index in [9.17, 15) is 13.6 Å². The zero-order valence-corrected chi connectivity index (χ0v) is 10.7. The van der Waals surface area contributed by atoms with Gasteiger partial charge in [0.2, 0.25) is 5.91 Å². The fourth-order valence-electron chi connectivity index (χ4n) is 3.43. The van der Waals surface area contributed by atoms with Crippen molar-refractivity contribution >= 4 is 11.6 Å². The topological polar surface area (TPSA) is 29.1 Å². The van der Waals surface area contributed by atoms with Gasteiger partial charge in [-0.15, -0.1) is 0 Å². The highest BCUT2D eigenvalue weighted by Crippen LogP contribution is 2.43. The van der Waals surface area contributed by atoms with Crippen LogP contribution in [0.2, 0.25) is 0 Å². The van der Waals surface area contributed by atoms with Gasteiger partial charge in [-0.2, -0.15) is 0 Å². The van der Waals surface area contributed by atoms with Crippen LogP contribution in [0.15, 0.2) is 12.1 Å². The Morgan fingerprint density at radius 1 is 1.05 bits per heavy atom. The van der Waals surface area contributed by atoms with E-state index in [4.69, 9.17) is 0 Å². The van der Waals surface area contributed by atoms with Gasteiger partial charge in [0, 0.05) is 6.07 Å². The van der Waals surface area contributed by atoms with Crippen LogP contribution in [0.25, 0.3) is 0 Å². The SMILES string of the molecule is O=C1Nc2c(F)cc(F)cc2C1C1CCCCCC1. The minimum Gasteiger partial charge on any atom is -0.323 e. The van der Waals surface area contributed by atoms with E-state index in [0.29, 0.717) is 5.56 Å². The van der Waals surface area contributed by atoms with Gasteiger partial charge in [-0.3, -0.25) is 4.79 Å². The molecular formula is C15H17F2NO. The standard InChI is InChI=1S/C15H17F2NO/c16-10-7-11-13(9-5-3-1-2-4-6-9)15(19)18-14(11)12(17)8-10/h7-9,13H,1-6H2,(H,18,19). The Labute approximate surface area is 111 Å². The quantitative estimate of drug-likeness (QED) is 0.765. The Bertz CT molecular complexity index is 507. The Morgan fingerprint density at radius 2 is 1.74 bits per heavy atom. The van der Waals surface area contributed by atoms with Crippen molar-refractivity contribution in [1.29, 1.82) is 0 Å². The molecule has 1 heterocycles. The largest absolute Gasteiger partial charge is 0.323 e. The first kappa shape index (κ1) is 12.6. The lowest BCUT2D eigenvalue weighted by Gasteiger charge is -2.20. The van der Waals surface area contributed by atoms with Gasteiger partial charge < -0.3 is 5.32 Å². The van der Waals surface area contributed by atoms with Crippen molar-refractivity contribution in [2.24, 2.45) is 5.92 Å². The molecule has 1 N–H and O–H groups in total. The van der Waals surface area contributed by atoms with Crippen molar-refractivity contribution in [1.82, 2.24) is 0 Å². The molecule has 1 fully saturated rings. The summed E-state index contributed by atoms with van der Waals surface area (Å²) >= 11 is 0. The number of carbonyl (C=O) groups is 1. The summed E-state index contributed by atoms with van der Waals surface area (Å²) in [6.07, 6.45) is 6.51. The number of hydrogen-bond acceptors (Lipinski definition) is 1. The Kier molecular flexibility index (Phi) is 3.25. The van der Waals surface area contributed by atoms with Crippen molar-refractivity contribution in [3.63, 3.8) is 0 Å². The van der Waals surface area contributed by atoms with Crippen LogP contribution in [-0.2, 0) is 4.79 Å². The van der Waals surface area contributed by atoms with Crippen molar-refractivity contribution in [3.05, 3.63) is 29.3 Å². The lowest BCUT2D eigenvalue weighted by molar-refractivity contribution is -0.118. The van der Waals surface area contributed by atoms with Gasteiger partial charge in [0.25, 0.3) is 0 Å². The van der Waals surface area contributed by atoms with E-state index < -0.39 is 11.6 Å². The number of rotatable bonds is 1. The van der Waals surface area contributed by atoms with Gasteiger partial charge in [-0.25, -0.2) is 8.78 Å². The average molecular weight is 265 g/mol. The van der Waals surface area contributed by atoms with Crippen LogP contribution in [0.3, 0.4) is 0 Å². The van der Waals surface area contributed by atoms with Gasteiger partial charge in [0.05, 0.1) is 11.6 Å². The van der Waals surface area contributed by atoms with Gasteiger partial charge >= 0.3 is 0 Å². The van der Waals surface area contributed by atoms with Crippen LogP contribution >= 0.6 is 0 Å². The molecule has 1 aromatic rings. The van der Waals surface area contributed by atoms with Crippen molar-refractivity contribution in [3.8, 4) is 0 Å². The summed E-state index contributed by atoms with van der Waals surface area (Å²) in [7, 11) is 0. The number of hydrogen-bond donors (Lipinski definition) is 1. The minimum absolute atomic E-state index is 0.175. The molecule has 0 radical (unpaired) electrons. The molecule has 0 spiro atoms. The third kappa shape index (κ3) is 2.24. The molecule has 1 saturated carbocycles. The normalized spacial score (nSPS) is 23.9. The number of nitrogens with one attached hydrogen (secondary N) is 1. The molecule has 0 saturated heterocycles. The molecule has 2 nitrogen and oxygen atoms in total. The highest BCUT2D eigenvalue weighted by atomic mass is 19.1. The number of carbonyl (C=O) groups excluding carboxylic acids is 1. The summed E-state index contributed by atoms with van der Waals surface area (Å²) in [4.78, 5) is 12.1. The van der Waals surface area contributed by atoms with E-state index >= 15 is 0 Å². The molecule has 2 aliphatic rings. The second-order valence-corrected chi connectivity index (χ2v) is 5.57. The highest BCUT2D eigenvalue weighted by molar-refractivity contribution is 6.03. The molecule has 0 aromatic heterocycles. The zero-order valence-electron chi connectivity index (χ0n) is 10.7. The van der Waals surface area contributed by atoms with E-state index in [1.807, 2.05) is 0 Å². The minimum atomic E-state index is -0.667. The van der Waals surface area contributed by atoms with E-state index in [2.05, 4.69) is 5.32 Å². The van der Waals surface area contributed by atoms with E-state index in [1.165, 1.54) is 18.9 Å². The smallest absolute Gasteiger partial charge is 0.232 e. The first-order valence-corrected chi connectivity index (χ1v) is 6.96. The first-order chi connectivity index (χ1) is 9.16. The monoisotopic (exact) mass is 265 g/mol. The summed E-state index contributed by atoms with van der Waals surface area (Å²) in [5.74, 6) is -1.61. The lowest BCUT2D eigenvalue weighted by atomic mass is 9.82. The second-order valence-electron chi connectivity index (χ2n) is 5.57. The van der Waals surface area contributed by atoms with Crippen LogP contribution in [-0.4, -0.2) is 5.91 Å². The first-order valence-electron chi connectivity index (χ1n) is 6.96. The molecule has 1 unspecified atom stereocenters. The Balaban J connectivity index is 1.97. The summed E-state index contributed by atoms with van der Waals surface area (Å²) < 4.78 is 27.1. The maximum atomic E-state index is 13.7. The summed E-state index contributed by atoms with van der Waals surface area (Å²) in [6.45, 7) is 0. The molecule has 4 heteroatoms. The molecule has 1 aliphatic carbocycles. The average Bonchev–Trinajstić information content (AvgIpc) is 2.55. The molecule has 1 atom stereocenters. The highest BCUT2D eigenvalue weighted by Gasteiger charge is 2.38. The predicted molar refractivity (Wildman–Crippen MR) is 68.9 cm³/mol. The predicted octanol–water partition coefficient (Wildman–Crippen LogP) is 3.97. The van der Waals surface area contributed by atoms with E-state index in [0.717, 1.165) is 31.7 Å². The van der Waals surface area contributed by atoms with Gasteiger partial charge in [-0.1, -0.05) is 25.7 Å². The van der Waals surface area contributed by atoms with Crippen molar-refractivity contribution < 1.29 is 13.6 Å². The molecule has 19 heavy (non-hydrogen) atoms. The second kappa shape index (κ2) is 4.91. The van der Waals surface area contributed by atoms with Gasteiger partial charge in [-0.05, 0) is 30.4 Å². The molecule has 1 aromatic carbocycles.